The summed E-state index contributed by atoms with van der Waals surface area (Å²) in [5.41, 5.74) is 0. The van der Waals surface area contributed by atoms with E-state index in [0.29, 0.717) is 13.1 Å². The predicted octanol–water partition coefficient (Wildman–Crippen LogP) is 4.11. The molecule has 0 aliphatic carbocycles. The van der Waals surface area contributed by atoms with Crippen LogP contribution in [0.1, 0.15) is 26.7 Å². The lowest BCUT2D eigenvalue weighted by Crippen LogP contribution is -2.36. The van der Waals surface area contributed by atoms with E-state index in [-0.39, 0.29) is 26.0 Å². The summed E-state index contributed by atoms with van der Waals surface area (Å²) < 4.78 is 26.4. The summed E-state index contributed by atoms with van der Waals surface area (Å²) in [6, 6.07) is 4.97. The van der Waals surface area contributed by atoms with Gasteiger partial charge in [-0.2, -0.15) is 9.78 Å². The molecule has 0 N–H and O–H groups in total. The predicted molar refractivity (Wildman–Crippen MR) is 97.1 cm³/mol. The Kier molecular flexibility index (Phi) is 6.48. The van der Waals surface area contributed by atoms with Crippen molar-refractivity contribution in [3.8, 4) is 0 Å². The van der Waals surface area contributed by atoms with Crippen LogP contribution < -0.4 is 0 Å². The fraction of sp³-hybridized carbons (Fsp3) is 0.375. The molecule has 6 nitrogen and oxygen atoms in total. The molecule has 136 valence electrons. The van der Waals surface area contributed by atoms with Crippen LogP contribution in [0, 0.1) is 0 Å². The molecular weight excluding hydrogens is 385 g/mol. The number of carbonyl (C=O) groups is 1. The first-order chi connectivity index (χ1) is 11.8. The van der Waals surface area contributed by atoms with Gasteiger partial charge in [-0.15, -0.1) is 0 Å². The lowest BCUT2D eigenvalue weighted by Gasteiger charge is -2.20. The van der Waals surface area contributed by atoms with Crippen molar-refractivity contribution >= 4 is 39.1 Å². The first kappa shape index (κ1) is 19.8. The fourth-order valence-corrected chi connectivity index (χ4v) is 4.25. The van der Waals surface area contributed by atoms with E-state index in [1.165, 1.54) is 30.5 Å². The lowest BCUT2D eigenvalue weighted by atomic mass is 10.4. The molecule has 0 spiro atoms. The maximum atomic E-state index is 12.7. The first-order valence-electron chi connectivity index (χ1n) is 7.85. The molecule has 0 aliphatic rings. The van der Waals surface area contributed by atoms with E-state index in [2.05, 4.69) is 5.10 Å². The third kappa shape index (κ3) is 4.54. The molecule has 0 radical (unpaired) electrons. The van der Waals surface area contributed by atoms with Gasteiger partial charge in [0, 0.05) is 29.3 Å². The van der Waals surface area contributed by atoms with E-state index >= 15 is 0 Å². The Morgan fingerprint density at radius 1 is 1.12 bits per heavy atom. The average molecular weight is 404 g/mol. The molecule has 0 saturated heterocycles. The zero-order chi connectivity index (χ0) is 18.6. The molecular formula is C16H19Cl2N3O3S. The number of aromatic nitrogens is 2. The molecule has 9 heteroatoms. The van der Waals surface area contributed by atoms with Gasteiger partial charge in [0.1, 0.15) is 0 Å². The molecule has 0 atom stereocenters. The smallest absolute Gasteiger partial charge is 0.323 e. The van der Waals surface area contributed by atoms with E-state index in [9.17, 15) is 13.2 Å². The molecule has 0 fully saturated rings. The minimum atomic E-state index is -3.92. The summed E-state index contributed by atoms with van der Waals surface area (Å²) in [6.07, 6.45) is 2.96. The number of sulfone groups is 1. The van der Waals surface area contributed by atoms with Crippen LogP contribution in [0.4, 0.5) is 4.79 Å². The zero-order valence-electron chi connectivity index (χ0n) is 13.9. The van der Waals surface area contributed by atoms with Crippen molar-refractivity contribution in [2.75, 3.05) is 13.1 Å². The number of halogens is 2. The Bertz CT molecular complexity index is 839. The summed E-state index contributed by atoms with van der Waals surface area (Å²) in [5.74, 6) is 0. The second-order valence-corrected chi connectivity index (χ2v) is 8.25. The van der Waals surface area contributed by atoms with Gasteiger partial charge < -0.3 is 4.90 Å². The van der Waals surface area contributed by atoms with Gasteiger partial charge in [-0.25, -0.2) is 13.2 Å². The minimum Gasteiger partial charge on any atom is -0.323 e. The van der Waals surface area contributed by atoms with Gasteiger partial charge in [0.25, 0.3) is 0 Å². The monoisotopic (exact) mass is 403 g/mol. The molecule has 2 aromatic rings. The molecule has 1 amide bonds. The number of hydrogen-bond acceptors (Lipinski definition) is 4. The third-order valence-electron chi connectivity index (χ3n) is 3.44. The first-order valence-corrected chi connectivity index (χ1v) is 10.1. The Balaban J connectivity index is 2.35. The highest BCUT2D eigenvalue weighted by Gasteiger charge is 2.24. The largest absolute Gasteiger partial charge is 0.344 e. The molecule has 1 aromatic carbocycles. The lowest BCUT2D eigenvalue weighted by molar-refractivity contribution is 0.196. The van der Waals surface area contributed by atoms with Crippen molar-refractivity contribution in [3.05, 3.63) is 40.5 Å². The standard InChI is InChI=1S/C16H19Cl2N3O3S/c1-3-6-20(7-4-2)16(22)21-8-5-15(19-21)25(23,24)14-10-12(17)9-13(18)11-14/h5,8-11H,3-4,6-7H2,1-2H3. The van der Waals surface area contributed by atoms with Gasteiger partial charge in [-0.3, -0.25) is 0 Å². The summed E-state index contributed by atoms with van der Waals surface area (Å²) in [7, 11) is -3.92. The van der Waals surface area contributed by atoms with Crippen LogP contribution in [0.5, 0.6) is 0 Å². The number of amides is 1. The molecule has 0 unspecified atom stereocenters. The number of hydrogen-bond donors (Lipinski definition) is 0. The maximum Gasteiger partial charge on any atom is 0.344 e. The fourth-order valence-electron chi connectivity index (χ4n) is 2.35. The maximum absolute atomic E-state index is 12.7. The molecule has 2 rings (SSSR count). The van der Waals surface area contributed by atoms with Crippen LogP contribution in [0.3, 0.4) is 0 Å². The van der Waals surface area contributed by atoms with Crippen LogP contribution in [0.25, 0.3) is 0 Å². The van der Waals surface area contributed by atoms with E-state index in [0.717, 1.165) is 17.5 Å². The second-order valence-electron chi connectivity index (χ2n) is 5.48. The Labute approximate surface area is 157 Å². The molecule has 1 aromatic heterocycles. The summed E-state index contributed by atoms with van der Waals surface area (Å²) in [6.45, 7) is 5.10. The molecule has 0 aliphatic heterocycles. The van der Waals surface area contributed by atoms with Crippen molar-refractivity contribution in [1.82, 2.24) is 14.7 Å². The van der Waals surface area contributed by atoms with Gasteiger partial charge in [-0.1, -0.05) is 37.0 Å². The molecule has 0 bridgehead atoms. The van der Waals surface area contributed by atoms with Crippen molar-refractivity contribution in [3.63, 3.8) is 0 Å². The molecule has 25 heavy (non-hydrogen) atoms. The zero-order valence-corrected chi connectivity index (χ0v) is 16.3. The van der Waals surface area contributed by atoms with Gasteiger partial charge in [0.2, 0.25) is 9.84 Å². The van der Waals surface area contributed by atoms with E-state index in [1.807, 2.05) is 13.8 Å². The van der Waals surface area contributed by atoms with Gasteiger partial charge in [0.15, 0.2) is 5.03 Å². The van der Waals surface area contributed by atoms with Crippen LogP contribution >= 0.6 is 23.2 Å². The molecule has 0 saturated carbocycles. The van der Waals surface area contributed by atoms with Crippen LogP contribution in [-0.2, 0) is 9.84 Å². The summed E-state index contributed by atoms with van der Waals surface area (Å²) >= 11 is 11.8. The Hall–Kier alpha value is -1.57. The average Bonchev–Trinajstić information content (AvgIpc) is 3.04. The quantitative estimate of drug-likeness (QED) is 0.726. The highest BCUT2D eigenvalue weighted by Crippen LogP contribution is 2.26. The van der Waals surface area contributed by atoms with Crippen LogP contribution in [0.2, 0.25) is 10.0 Å². The van der Waals surface area contributed by atoms with Crippen molar-refractivity contribution in [1.29, 1.82) is 0 Å². The van der Waals surface area contributed by atoms with E-state index in [1.54, 1.807) is 4.90 Å². The highest BCUT2D eigenvalue weighted by molar-refractivity contribution is 7.91. The number of rotatable bonds is 6. The Morgan fingerprint density at radius 3 is 2.20 bits per heavy atom. The van der Waals surface area contributed by atoms with E-state index in [4.69, 9.17) is 23.2 Å². The number of nitrogens with zero attached hydrogens (tertiary/aromatic N) is 3. The van der Waals surface area contributed by atoms with Gasteiger partial charge in [-0.05, 0) is 37.1 Å². The topological polar surface area (TPSA) is 72.3 Å². The van der Waals surface area contributed by atoms with E-state index < -0.39 is 9.84 Å². The van der Waals surface area contributed by atoms with Gasteiger partial charge in [0.05, 0.1) is 4.90 Å². The minimum absolute atomic E-state index is 0.0679. The SMILES string of the molecule is CCCN(CCC)C(=O)n1ccc(S(=O)(=O)c2cc(Cl)cc(Cl)c2)n1. The normalized spacial score (nSPS) is 11.5. The second kappa shape index (κ2) is 8.21. The Morgan fingerprint density at radius 2 is 1.68 bits per heavy atom. The van der Waals surface area contributed by atoms with Crippen LogP contribution in [0.15, 0.2) is 40.4 Å². The number of carbonyl (C=O) groups excluding carboxylic acids is 1. The summed E-state index contributed by atoms with van der Waals surface area (Å²) in [4.78, 5) is 14.1. The highest BCUT2D eigenvalue weighted by atomic mass is 35.5. The molecule has 1 heterocycles. The van der Waals surface area contributed by atoms with Crippen molar-refractivity contribution < 1.29 is 13.2 Å². The van der Waals surface area contributed by atoms with Crippen LogP contribution in [-0.4, -0.2) is 42.2 Å². The third-order valence-corrected chi connectivity index (χ3v) is 5.50. The van der Waals surface area contributed by atoms with Gasteiger partial charge >= 0.3 is 6.03 Å². The summed E-state index contributed by atoms with van der Waals surface area (Å²) in [5, 5.41) is 4.14. The van der Waals surface area contributed by atoms with Crippen molar-refractivity contribution in [2.45, 2.75) is 36.6 Å². The van der Waals surface area contributed by atoms with Crippen molar-refractivity contribution in [2.24, 2.45) is 0 Å². The number of benzene rings is 1.